The Morgan fingerprint density at radius 3 is 2.71 bits per heavy atom. The van der Waals surface area contributed by atoms with Crippen LogP contribution in [0, 0.1) is 0 Å². The van der Waals surface area contributed by atoms with Crippen LogP contribution in [0.1, 0.15) is 30.0 Å². The normalized spacial score (nSPS) is 17.9. The number of nitrogen functional groups attached to an aromatic ring is 1. The van der Waals surface area contributed by atoms with Crippen LogP contribution in [-0.4, -0.2) is 17.4 Å². The fourth-order valence-corrected chi connectivity index (χ4v) is 3.07. The number of carbonyl (C=O) groups excluding carboxylic acids is 1. The van der Waals surface area contributed by atoms with Crippen LogP contribution >= 0.6 is 0 Å². The summed E-state index contributed by atoms with van der Waals surface area (Å²) in [5.41, 5.74) is 8.71. The molecular formula is C18H20N2O. The number of benzene rings is 2. The Kier molecular flexibility index (Phi) is 3.91. The third kappa shape index (κ3) is 3.07. The van der Waals surface area contributed by atoms with Gasteiger partial charge in [0.1, 0.15) is 0 Å². The lowest BCUT2D eigenvalue weighted by atomic mass is 10.0. The molecule has 3 rings (SSSR count). The molecule has 1 saturated heterocycles. The van der Waals surface area contributed by atoms with Crippen molar-refractivity contribution < 1.29 is 4.79 Å². The average Bonchev–Trinajstić information content (AvgIpc) is 2.98. The zero-order chi connectivity index (χ0) is 14.7. The molecule has 0 saturated carbocycles. The maximum Gasteiger partial charge on any atom is 0.227 e. The van der Waals surface area contributed by atoms with Crippen molar-refractivity contribution in [3.63, 3.8) is 0 Å². The SMILES string of the molecule is Nc1cccc(CC(=O)N2CCCC2c2ccccc2)c1. The Morgan fingerprint density at radius 1 is 1.14 bits per heavy atom. The molecule has 1 atom stereocenters. The van der Waals surface area contributed by atoms with Crippen molar-refractivity contribution in [3.05, 3.63) is 65.7 Å². The monoisotopic (exact) mass is 280 g/mol. The van der Waals surface area contributed by atoms with Crippen molar-refractivity contribution in [3.8, 4) is 0 Å². The highest BCUT2D eigenvalue weighted by Crippen LogP contribution is 2.32. The number of amides is 1. The lowest BCUT2D eigenvalue weighted by molar-refractivity contribution is -0.131. The molecule has 1 fully saturated rings. The van der Waals surface area contributed by atoms with E-state index < -0.39 is 0 Å². The van der Waals surface area contributed by atoms with Crippen molar-refractivity contribution in [2.75, 3.05) is 12.3 Å². The molecule has 0 aliphatic carbocycles. The van der Waals surface area contributed by atoms with E-state index in [1.54, 1.807) is 0 Å². The Bertz CT molecular complexity index is 624. The summed E-state index contributed by atoms with van der Waals surface area (Å²) >= 11 is 0. The third-order valence-electron chi connectivity index (χ3n) is 4.06. The first kappa shape index (κ1) is 13.7. The highest BCUT2D eigenvalue weighted by atomic mass is 16.2. The van der Waals surface area contributed by atoms with E-state index in [1.807, 2.05) is 47.4 Å². The molecule has 2 N–H and O–H groups in total. The summed E-state index contributed by atoms with van der Waals surface area (Å²) in [4.78, 5) is 14.6. The molecule has 2 aromatic carbocycles. The summed E-state index contributed by atoms with van der Waals surface area (Å²) in [6, 6.07) is 18.1. The van der Waals surface area contributed by atoms with Crippen molar-refractivity contribution in [1.29, 1.82) is 0 Å². The van der Waals surface area contributed by atoms with Gasteiger partial charge >= 0.3 is 0 Å². The first-order valence-electron chi connectivity index (χ1n) is 7.43. The minimum Gasteiger partial charge on any atom is -0.399 e. The average molecular weight is 280 g/mol. The van der Waals surface area contributed by atoms with Crippen LogP contribution in [0.5, 0.6) is 0 Å². The number of anilines is 1. The van der Waals surface area contributed by atoms with Crippen LogP contribution < -0.4 is 5.73 Å². The van der Waals surface area contributed by atoms with Gasteiger partial charge in [-0.25, -0.2) is 0 Å². The van der Waals surface area contributed by atoms with Crippen molar-refractivity contribution in [2.45, 2.75) is 25.3 Å². The second kappa shape index (κ2) is 6.00. The van der Waals surface area contributed by atoms with Crippen molar-refractivity contribution in [1.82, 2.24) is 4.90 Å². The molecule has 1 aliphatic rings. The van der Waals surface area contributed by atoms with Gasteiger partial charge in [-0.3, -0.25) is 4.79 Å². The van der Waals surface area contributed by atoms with Gasteiger partial charge in [-0.1, -0.05) is 42.5 Å². The predicted molar refractivity (Wildman–Crippen MR) is 84.7 cm³/mol. The minimum atomic E-state index is 0.187. The molecule has 108 valence electrons. The Balaban J connectivity index is 1.74. The van der Waals surface area contributed by atoms with Gasteiger partial charge in [-0.2, -0.15) is 0 Å². The predicted octanol–water partition coefficient (Wildman–Crippen LogP) is 3.18. The molecule has 1 unspecified atom stereocenters. The molecule has 0 radical (unpaired) electrons. The number of carbonyl (C=O) groups is 1. The first-order valence-corrected chi connectivity index (χ1v) is 7.43. The Morgan fingerprint density at radius 2 is 1.95 bits per heavy atom. The summed E-state index contributed by atoms with van der Waals surface area (Å²) in [6.07, 6.45) is 2.54. The van der Waals surface area contributed by atoms with Gasteiger partial charge in [0.2, 0.25) is 5.91 Å². The second-order valence-corrected chi connectivity index (χ2v) is 5.58. The van der Waals surface area contributed by atoms with E-state index >= 15 is 0 Å². The van der Waals surface area contributed by atoms with Gasteiger partial charge in [0.15, 0.2) is 0 Å². The summed E-state index contributed by atoms with van der Waals surface area (Å²) < 4.78 is 0. The van der Waals surface area contributed by atoms with E-state index in [0.717, 1.165) is 24.9 Å². The highest BCUT2D eigenvalue weighted by Gasteiger charge is 2.29. The largest absolute Gasteiger partial charge is 0.399 e. The van der Waals surface area contributed by atoms with Crippen LogP contribution in [0.2, 0.25) is 0 Å². The molecule has 1 amide bonds. The minimum absolute atomic E-state index is 0.187. The molecule has 0 bridgehead atoms. The second-order valence-electron chi connectivity index (χ2n) is 5.58. The molecule has 1 aliphatic heterocycles. The zero-order valence-electron chi connectivity index (χ0n) is 12.0. The molecule has 3 heteroatoms. The zero-order valence-corrected chi connectivity index (χ0v) is 12.0. The van der Waals surface area contributed by atoms with E-state index in [2.05, 4.69) is 12.1 Å². The lowest BCUT2D eigenvalue weighted by Crippen LogP contribution is -2.31. The fourth-order valence-electron chi connectivity index (χ4n) is 3.07. The van der Waals surface area contributed by atoms with Crippen LogP contribution in [0.15, 0.2) is 54.6 Å². The molecule has 3 nitrogen and oxygen atoms in total. The number of likely N-dealkylation sites (tertiary alicyclic amines) is 1. The van der Waals surface area contributed by atoms with Gasteiger partial charge in [-0.05, 0) is 36.1 Å². The number of hydrogen-bond acceptors (Lipinski definition) is 2. The fraction of sp³-hybridized carbons (Fsp3) is 0.278. The summed E-state index contributed by atoms with van der Waals surface area (Å²) in [7, 11) is 0. The van der Waals surface area contributed by atoms with Gasteiger partial charge in [0.05, 0.1) is 12.5 Å². The highest BCUT2D eigenvalue weighted by molar-refractivity contribution is 5.79. The molecule has 0 spiro atoms. The molecule has 21 heavy (non-hydrogen) atoms. The van der Waals surface area contributed by atoms with Crippen LogP contribution in [0.3, 0.4) is 0 Å². The van der Waals surface area contributed by atoms with Crippen LogP contribution in [0.4, 0.5) is 5.69 Å². The smallest absolute Gasteiger partial charge is 0.227 e. The Labute approximate surface area is 125 Å². The molecular weight excluding hydrogens is 260 g/mol. The number of nitrogens with zero attached hydrogens (tertiary/aromatic N) is 1. The molecule has 1 heterocycles. The lowest BCUT2D eigenvalue weighted by Gasteiger charge is -2.25. The van der Waals surface area contributed by atoms with Crippen molar-refractivity contribution >= 4 is 11.6 Å². The standard InChI is InChI=1S/C18H20N2O/c19-16-9-4-6-14(12-16)13-18(21)20-11-5-10-17(20)15-7-2-1-3-8-15/h1-4,6-9,12,17H,5,10-11,13,19H2. The topological polar surface area (TPSA) is 46.3 Å². The van der Waals surface area contributed by atoms with Gasteiger partial charge in [0.25, 0.3) is 0 Å². The first-order chi connectivity index (χ1) is 10.2. The maximum atomic E-state index is 12.6. The van der Waals surface area contributed by atoms with E-state index in [1.165, 1.54) is 5.56 Å². The number of hydrogen-bond donors (Lipinski definition) is 1. The Hall–Kier alpha value is -2.29. The summed E-state index contributed by atoms with van der Waals surface area (Å²) in [6.45, 7) is 0.848. The van der Waals surface area contributed by atoms with E-state index in [9.17, 15) is 4.79 Å². The third-order valence-corrected chi connectivity index (χ3v) is 4.06. The summed E-state index contributed by atoms with van der Waals surface area (Å²) in [5, 5.41) is 0. The van der Waals surface area contributed by atoms with Gasteiger partial charge in [-0.15, -0.1) is 0 Å². The van der Waals surface area contributed by atoms with Gasteiger partial charge in [0, 0.05) is 12.2 Å². The van der Waals surface area contributed by atoms with Crippen molar-refractivity contribution in [2.24, 2.45) is 0 Å². The summed E-state index contributed by atoms with van der Waals surface area (Å²) in [5.74, 6) is 0.187. The van der Waals surface area contributed by atoms with Gasteiger partial charge < -0.3 is 10.6 Å². The van der Waals surface area contributed by atoms with Crippen LogP contribution in [-0.2, 0) is 11.2 Å². The van der Waals surface area contributed by atoms with E-state index in [-0.39, 0.29) is 11.9 Å². The van der Waals surface area contributed by atoms with Crippen LogP contribution in [0.25, 0.3) is 0 Å². The molecule has 0 aromatic heterocycles. The quantitative estimate of drug-likeness (QED) is 0.878. The number of rotatable bonds is 3. The van der Waals surface area contributed by atoms with E-state index in [0.29, 0.717) is 12.1 Å². The molecule has 2 aromatic rings. The van der Waals surface area contributed by atoms with E-state index in [4.69, 9.17) is 5.73 Å². The maximum absolute atomic E-state index is 12.6. The number of nitrogens with two attached hydrogens (primary N) is 1.